The fourth-order valence-electron chi connectivity index (χ4n) is 4.20. The number of amides is 1. The topological polar surface area (TPSA) is 81.4 Å². The van der Waals surface area contributed by atoms with Crippen molar-refractivity contribution in [2.45, 2.75) is 65.3 Å². The number of hydrogen-bond donors (Lipinski definition) is 0. The highest BCUT2D eigenvalue weighted by Gasteiger charge is 2.42. The van der Waals surface area contributed by atoms with Crippen molar-refractivity contribution in [1.29, 1.82) is 0 Å². The van der Waals surface area contributed by atoms with Crippen LogP contribution in [0.2, 0.25) is 0 Å². The van der Waals surface area contributed by atoms with Crippen molar-refractivity contribution >= 4 is 28.4 Å². The number of rotatable bonds is 8. The zero-order chi connectivity index (χ0) is 21.9. The van der Waals surface area contributed by atoms with Gasteiger partial charge in [0, 0.05) is 42.3 Å². The Morgan fingerprint density at radius 2 is 1.90 bits per heavy atom. The minimum absolute atomic E-state index is 0.0316. The van der Waals surface area contributed by atoms with E-state index in [1.807, 2.05) is 51.1 Å². The number of likely N-dealkylation sites (tertiary alicyclic amines) is 1. The van der Waals surface area contributed by atoms with Crippen LogP contribution in [0.25, 0.3) is 10.9 Å². The quantitative estimate of drug-likeness (QED) is 0.380. The minimum atomic E-state index is -0.708. The van der Waals surface area contributed by atoms with Crippen molar-refractivity contribution in [3.8, 4) is 0 Å². The number of ketones is 2. The van der Waals surface area contributed by atoms with Gasteiger partial charge in [-0.05, 0) is 37.8 Å². The number of aryl methyl sites for hydroxylation is 1. The highest BCUT2D eigenvalue weighted by molar-refractivity contribution is 6.36. The lowest BCUT2D eigenvalue weighted by molar-refractivity contribution is -0.586. The van der Waals surface area contributed by atoms with E-state index in [2.05, 4.69) is 0 Å². The predicted molar refractivity (Wildman–Crippen MR) is 115 cm³/mol. The largest absolute Gasteiger partial charge is 0.618 e. The van der Waals surface area contributed by atoms with Crippen LogP contribution in [0.1, 0.15) is 58.6 Å². The molecule has 2 aromatic rings. The first-order valence-corrected chi connectivity index (χ1v) is 10.7. The van der Waals surface area contributed by atoms with Crippen LogP contribution in [-0.2, 0) is 20.8 Å². The van der Waals surface area contributed by atoms with Gasteiger partial charge in [0.05, 0.1) is 6.04 Å². The van der Waals surface area contributed by atoms with Crippen molar-refractivity contribution in [3.05, 3.63) is 47.3 Å². The first-order valence-electron chi connectivity index (χ1n) is 10.7. The Morgan fingerprint density at radius 3 is 2.63 bits per heavy atom. The van der Waals surface area contributed by atoms with E-state index in [0.717, 1.165) is 16.5 Å². The second-order valence-electron chi connectivity index (χ2n) is 8.76. The number of nitrogens with zero attached hydrogens (tertiary/aromatic N) is 2. The number of aromatic nitrogens is 1. The molecule has 2 heterocycles. The number of para-hydroxylation sites is 1. The molecule has 1 aliphatic rings. The van der Waals surface area contributed by atoms with Crippen molar-refractivity contribution in [1.82, 2.24) is 4.90 Å². The number of carbonyl (C=O) groups excluding carboxylic acids is 3. The van der Waals surface area contributed by atoms with Gasteiger partial charge in [0.25, 0.3) is 5.91 Å². The highest BCUT2D eigenvalue weighted by Crippen LogP contribution is 2.31. The van der Waals surface area contributed by atoms with Crippen LogP contribution >= 0.6 is 0 Å². The molecule has 1 amide bonds. The van der Waals surface area contributed by atoms with E-state index in [1.165, 1.54) is 4.90 Å². The SMILES string of the molecule is CCCC(=O)C(=O)N1CCCC1C(=O)C(C)(C)CCc1ccc2ccccc2[n+]1[O-]. The summed E-state index contributed by atoms with van der Waals surface area (Å²) in [6.45, 7) is 6.03. The molecule has 0 spiro atoms. The van der Waals surface area contributed by atoms with Gasteiger partial charge in [-0.1, -0.05) is 32.9 Å². The van der Waals surface area contributed by atoms with Crippen molar-refractivity contribution in [2.24, 2.45) is 5.41 Å². The molecule has 0 saturated carbocycles. The van der Waals surface area contributed by atoms with Gasteiger partial charge >= 0.3 is 0 Å². The van der Waals surface area contributed by atoms with Crippen molar-refractivity contribution in [3.63, 3.8) is 0 Å². The molecule has 1 unspecified atom stereocenters. The summed E-state index contributed by atoms with van der Waals surface area (Å²) < 4.78 is 0.935. The molecule has 1 aromatic heterocycles. The maximum atomic E-state index is 13.3. The average molecular weight is 411 g/mol. The van der Waals surface area contributed by atoms with Gasteiger partial charge in [-0.15, -0.1) is 0 Å². The standard InChI is InChI=1S/C24H30N2O4/c1-4-8-21(27)23(29)25-16-7-11-20(25)22(28)24(2,3)15-14-18-13-12-17-9-5-6-10-19(17)26(18)30/h5-6,9-10,12-13,20H,4,7-8,11,14-16H2,1-3H3. The Hall–Kier alpha value is -2.76. The molecular weight excluding hydrogens is 380 g/mol. The molecule has 1 aromatic carbocycles. The summed E-state index contributed by atoms with van der Waals surface area (Å²) in [6.07, 6.45) is 3.10. The Bertz CT molecular complexity index is 967. The molecule has 1 fully saturated rings. The minimum Gasteiger partial charge on any atom is -0.618 e. The van der Waals surface area contributed by atoms with Gasteiger partial charge in [0.2, 0.25) is 11.3 Å². The first kappa shape index (κ1) is 21.9. The number of benzene rings is 1. The Labute approximate surface area is 177 Å². The molecular formula is C24H30N2O4. The number of fused-ring (bicyclic) bond motifs is 1. The molecule has 30 heavy (non-hydrogen) atoms. The maximum absolute atomic E-state index is 13.3. The molecule has 1 saturated heterocycles. The summed E-state index contributed by atoms with van der Waals surface area (Å²) in [6, 6.07) is 10.6. The van der Waals surface area contributed by atoms with E-state index in [-0.39, 0.29) is 12.2 Å². The molecule has 0 bridgehead atoms. The smallest absolute Gasteiger partial charge is 0.290 e. The van der Waals surface area contributed by atoms with E-state index < -0.39 is 23.1 Å². The summed E-state index contributed by atoms with van der Waals surface area (Å²) in [5.41, 5.74) is 0.521. The van der Waals surface area contributed by atoms with Crippen LogP contribution in [-0.4, -0.2) is 35.0 Å². The van der Waals surface area contributed by atoms with Crippen LogP contribution in [0.4, 0.5) is 0 Å². The summed E-state index contributed by atoms with van der Waals surface area (Å²) >= 11 is 0. The lowest BCUT2D eigenvalue weighted by atomic mass is 9.79. The van der Waals surface area contributed by atoms with E-state index in [4.69, 9.17) is 0 Å². The third-order valence-corrected chi connectivity index (χ3v) is 6.08. The molecule has 0 radical (unpaired) electrons. The fourth-order valence-corrected chi connectivity index (χ4v) is 4.20. The van der Waals surface area contributed by atoms with Crippen LogP contribution in [0, 0.1) is 10.6 Å². The zero-order valence-corrected chi connectivity index (χ0v) is 18.0. The van der Waals surface area contributed by atoms with E-state index >= 15 is 0 Å². The van der Waals surface area contributed by atoms with Crippen LogP contribution < -0.4 is 4.73 Å². The van der Waals surface area contributed by atoms with Gasteiger partial charge in [0.15, 0.2) is 11.5 Å². The summed E-state index contributed by atoms with van der Waals surface area (Å²) in [5.74, 6) is -0.982. The summed E-state index contributed by atoms with van der Waals surface area (Å²) in [7, 11) is 0. The molecule has 6 nitrogen and oxygen atoms in total. The lowest BCUT2D eigenvalue weighted by Gasteiger charge is -2.31. The molecule has 6 heteroatoms. The lowest BCUT2D eigenvalue weighted by Crippen LogP contribution is -2.48. The first-order chi connectivity index (χ1) is 14.3. The zero-order valence-electron chi connectivity index (χ0n) is 18.0. The summed E-state index contributed by atoms with van der Waals surface area (Å²) in [4.78, 5) is 39.3. The normalized spacial score (nSPS) is 16.8. The molecule has 3 rings (SSSR count). The van der Waals surface area contributed by atoms with Gasteiger partial charge in [-0.2, -0.15) is 4.73 Å². The van der Waals surface area contributed by atoms with Crippen LogP contribution in [0.15, 0.2) is 36.4 Å². The number of pyridine rings is 1. The highest BCUT2D eigenvalue weighted by atomic mass is 16.5. The third kappa shape index (κ3) is 4.37. The van der Waals surface area contributed by atoms with Crippen LogP contribution in [0.3, 0.4) is 0 Å². The second kappa shape index (κ2) is 8.94. The monoisotopic (exact) mass is 410 g/mol. The Balaban J connectivity index is 1.72. The molecule has 1 atom stereocenters. The van der Waals surface area contributed by atoms with Gasteiger partial charge in [-0.25, -0.2) is 0 Å². The Morgan fingerprint density at radius 1 is 1.17 bits per heavy atom. The fraction of sp³-hybridized carbons (Fsp3) is 0.500. The summed E-state index contributed by atoms with van der Waals surface area (Å²) in [5, 5.41) is 13.6. The number of hydrogen-bond acceptors (Lipinski definition) is 4. The van der Waals surface area contributed by atoms with Gasteiger partial charge < -0.3 is 10.1 Å². The maximum Gasteiger partial charge on any atom is 0.290 e. The number of Topliss-reactive ketones (excluding diaryl/α,β-unsaturated/α-hetero) is 2. The van der Waals surface area contributed by atoms with Crippen LogP contribution in [0.5, 0.6) is 0 Å². The number of carbonyl (C=O) groups is 3. The van der Waals surface area contributed by atoms with E-state index in [0.29, 0.717) is 43.4 Å². The van der Waals surface area contributed by atoms with E-state index in [9.17, 15) is 19.6 Å². The van der Waals surface area contributed by atoms with Gasteiger partial charge in [-0.3, -0.25) is 14.4 Å². The van der Waals surface area contributed by atoms with E-state index in [1.54, 1.807) is 6.07 Å². The third-order valence-electron chi connectivity index (χ3n) is 6.08. The molecule has 0 N–H and O–H groups in total. The molecule has 0 aliphatic carbocycles. The predicted octanol–water partition coefficient (Wildman–Crippen LogP) is 3.36. The van der Waals surface area contributed by atoms with Crippen molar-refractivity contribution in [2.75, 3.05) is 6.54 Å². The van der Waals surface area contributed by atoms with Gasteiger partial charge in [0.1, 0.15) is 0 Å². The molecule has 1 aliphatic heterocycles. The second-order valence-corrected chi connectivity index (χ2v) is 8.76. The van der Waals surface area contributed by atoms with Crippen molar-refractivity contribution < 1.29 is 19.1 Å². The Kier molecular flexibility index (Phi) is 6.54. The average Bonchev–Trinajstić information content (AvgIpc) is 3.22. The molecule has 160 valence electrons.